The summed E-state index contributed by atoms with van der Waals surface area (Å²) >= 11 is 0. The predicted molar refractivity (Wildman–Crippen MR) is 60.5 cm³/mol. The van der Waals surface area contributed by atoms with Crippen LogP contribution in [0.15, 0.2) is 18.7 Å². The SMILES string of the molecule is CCOC(=O)COCCOCCn1ccnc1. The van der Waals surface area contributed by atoms with E-state index in [0.29, 0.717) is 26.4 Å². The lowest BCUT2D eigenvalue weighted by Gasteiger charge is -2.06. The molecule has 0 amide bonds. The lowest BCUT2D eigenvalue weighted by atomic mass is 10.6. The molecular weight excluding hydrogens is 224 g/mol. The topological polar surface area (TPSA) is 62.6 Å². The zero-order valence-corrected chi connectivity index (χ0v) is 10.0. The highest BCUT2D eigenvalue weighted by Gasteiger charge is 2.00. The number of carbonyl (C=O) groups is 1. The first kappa shape index (κ1) is 13.7. The van der Waals surface area contributed by atoms with Crippen molar-refractivity contribution in [1.82, 2.24) is 9.55 Å². The molecule has 0 saturated heterocycles. The quantitative estimate of drug-likeness (QED) is 0.465. The minimum absolute atomic E-state index is 0.0152. The Balaban J connectivity index is 1.86. The molecule has 0 atom stereocenters. The van der Waals surface area contributed by atoms with E-state index in [9.17, 15) is 4.79 Å². The fourth-order valence-corrected chi connectivity index (χ4v) is 1.17. The van der Waals surface area contributed by atoms with Crippen LogP contribution < -0.4 is 0 Å². The molecule has 1 aromatic rings. The molecule has 0 aromatic carbocycles. The number of ether oxygens (including phenoxy) is 3. The summed E-state index contributed by atoms with van der Waals surface area (Å²) in [6.45, 7) is 4.34. The average molecular weight is 242 g/mol. The maximum Gasteiger partial charge on any atom is 0.332 e. The molecule has 6 nitrogen and oxygen atoms in total. The van der Waals surface area contributed by atoms with E-state index < -0.39 is 0 Å². The van der Waals surface area contributed by atoms with Gasteiger partial charge in [-0.3, -0.25) is 0 Å². The second-order valence-electron chi connectivity index (χ2n) is 3.27. The number of esters is 1. The van der Waals surface area contributed by atoms with Crippen molar-refractivity contribution in [2.45, 2.75) is 13.5 Å². The second kappa shape index (κ2) is 8.72. The third-order valence-corrected chi connectivity index (χ3v) is 1.95. The lowest BCUT2D eigenvalue weighted by Crippen LogP contribution is -2.15. The van der Waals surface area contributed by atoms with E-state index in [1.165, 1.54) is 0 Å². The standard InChI is InChI=1S/C11H18N2O4/c1-2-17-11(14)9-16-8-7-15-6-5-13-4-3-12-10-13/h3-4,10H,2,5-9H2,1H3. The zero-order chi connectivity index (χ0) is 12.3. The Morgan fingerprint density at radius 2 is 2.12 bits per heavy atom. The van der Waals surface area contributed by atoms with Gasteiger partial charge in [0.05, 0.1) is 32.8 Å². The third kappa shape index (κ3) is 6.70. The van der Waals surface area contributed by atoms with Gasteiger partial charge < -0.3 is 18.8 Å². The third-order valence-electron chi connectivity index (χ3n) is 1.95. The van der Waals surface area contributed by atoms with Gasteiger partial charge in [-0.25, -0.2) is 9.78 Å². The molecule has 1 rings (SSSR count). The van der Waals surface area contributed by atoms with Gasteiger partial charge in [0.15, 0.2) is 0 Å². The molecule has 0 aliphatic carbocycles. The monoisotopic (exact) mass is 242 g/mol. The largest absolute Gasteiger partial charge is 0.464 e. The highest BCUT2D eigenvalue weighted by atomic mass is 16.6. The number of nitrogens with zero attached hydrogens (tertiary/aromatic N) is 2. The molecule has 17 heavy (non-hydrogen) atoms. The molecule has 96 valence electrons. The van der Waals surface area contributed by atoms with Crippen LogP contribution in [0.1, 0.15) is 6.92 Å². The van der Waals surface area contributed by atoms with Gasteiger partial charge in [-0.05, 0) is 6.92 Å². The van der Waals surface area contributed by atoms with Gasteiger partial charge in [-0.1, -0.05) is 0 Å². The molecule has 0 fully saturated rings. The van der Waals surface area contributed by atoms with Crippen LogP contribution in [0.4, 0.5) is 0 Å². The van der Waals surface area contributed by atoms with Gasteiger partial charge in [0, 0.05) is 18.9 Å². The Morgan fingerprint density at radius 1 is 1.29 bits per heavy atom. The smallest absolute Gasteiger partial charge is 0.332 e. The highest BCUT2D eigenvalue weighted by Crippen LogP contribution is 1.87. The fourth-order valence-electron chi connectivity index (χ4n) is 1.17. The number of hydrogen-bond donors (Lipinski definition) is 0. The summed E-state index contributed by atoms with van der Waals surface area (Å²) in [5.41, 5.74) is 0. The van der Waals surface area contributed by atoms with Crippen molar-refractivity contribution in [2.24, 2.45) is 0 Å². The molecule has 0 spiro atoms. The molecule has 0 saturated carbocycles. The van der Waals surface area contributed by atoms with Crippen LogP contribution in [-0.4, -0.2) is 48.6 Å². The summed E-state index contributed by atoms with van der Waals surface area (Å²) in [5.74, 6) is -0.342. The average Bonchev–Trinajstić information content (AvgIpc) is 2.81. The first-order valence-corrected chi connectivity index (χ1v) is 5.59. The summed E-state index contributed by atoms with van der Waals surface area (Å²) in [4.78, 5) is 14.8. The Labute approximate surface area is 100 Å². The van der Waals surface area contributed by atoms with Gasteiger partial charge >= 0.3 is 5.97 Å². The van der Waals surface area contributed by atoms with Gasteiger partial charge in [-0.15, -0.1) is 0 Å². The summed E-state index contributed by atoms with van der Waals surface area (Å²) in [6, 6.07) is 0. The van der Waals surface area contributed by atoms with Crippen LogP contribution in [0.25, 0.3) is 0 Å². The summed E-state index contributed by atoms with van der Waals surface area (Å²) in [7, 11) is 0. The summed E-state index contributed by atoms with van der Waals surface area (Å²) in [5, 5.41) is 0. The van der Waals surface area contributed by atoms with Crippen molar-refractivity contribution in [3.8, 4) is 0 Å². The number of aromatic nitrogens is 2. The van der Waals surface area contributed by atoms with Crippen molar-refractivity contribution >= 4 is 5.97 Å². The van der Waals surface area contributed by atoms with E-state index in [0.717, 1.165) is 6.54 Å². The van der Waals surface area contributed by atoms with E-state index >= 15 is 0 Å². The molecule has 0 aliphatic heterocycles. The van der Waals surface area contributed by atoms with Crippen molar-refractivity contribution in [1.29, 1.82) is 0 Å². The van der Waals surface area contributed by atoms with Crippen LogP contribution in [0.2, 0.25) is 0 Å². The minimum atomic E-state index is -0.342. The van der Waals surface area contributed by atoms with Crippen molar-refractivity contribution in [3.63, 3.8) is 0 Å². The maximum absolute atomic E-state index is 10.9. The molecule has 1 heterocycles. The summed E-state index contributed by atoms with van der Waals surface area (Å²) in [6.07, 6.45) is 5.34. The van der Waals surface area contributed by atoms with E-state index in [1.54, 1.807) is 19.4 Å². The normalized spacial score (nSPS) is 10.4. The Kier molecular flexibility index (Phi) is 7.01. The van der Waals surface area contributed by atoms with E-state index in [-0.39, 0.29) is 12.6 Å². The Morgan fingerprint density at radius 3 is 2.82 bits per heavy atom. The number of imidazole rings is 1. The van der Waals surface area contributed by atoms with Gasteiger partial charge in [-0.2, -0.15) is 0 Å². The second-order valence-corrected chi connectivity index (χ2v) is 3.27. The maximum atomic E-state index is 10.9. The van der Waals surface area contributed by atoms with Crippen molar-refractivity contribution < 1.29 is 19.0 Å². The number of carbonyl (C=O) groups excluding carboxylic acids is 1. The van der Waals surface area contributed by atoms with E-state index in [2.05, 4.69) is 4.98 Å². The molecule has 0 unspecified atom stereocenters. The highest BCUT2D eigenvalue weighted by molar-refractivity contribution is 5.70. The molecule has 1 aromatic heterocycles. The molecule has 0 aliphatic rings. The Hall–Kier alpha value is -1.40. The zero-order valence-electron chi connectivity index (χ0n) is 10.0. The van der Waals surface area contributed by atoms with Gasteiger partial charge in [0.25, 0.3) is 0 Å². The van der Waals surface area contributed by atoms with Crippen LogP contribution in [0.5, 0.6) is 0 Å². The first-order chi connectivity index (χ1) is 8.33. The fraction of sp³-hybridized carbons (Fsp3) is 0.636. The number of hydrogen-bond acceptors (Lipinski definition) is 5. The van der Waals surface area contributed by atoms with E-state index in [4.69, 9.17) is 14.2 Å². The van der Waals surface area contributed by atoms with Crippen molar-refractivity contribution in [2.75, 3.05) is 33.0 Å². The molecule has 0 N–H and O–H groups in total. The number of rotatable bonds is 9. The van der Waals surface area contributed by atoms with Crippen LogP contribution in [0, 0.1) is 0 Å². The van der Waals surface area contributed by atoms with E-state index in [1.807, 2.05) is 10.8 Å². The molecule has 6 heteroatoms. The van der Waals surface area contributed by atoms with Crippen LogP contribution >= 0.6 is 0 Å². The lowest BCUT2D eigenvalue weighted by molar-refractivity contribution is -0.148. The van der Waals surface area contributed by atoms with Gasteiger partial charge in [0.2, 0.25) is 0 Å². The molecule has 0 radical (unpaired) electrons. The molecular formula is C11H18N2O4. The molecule has 0 bridgehead atoms. The van der Waals surface area contributed by atoms with Crippen LogP contribution in [-0.2, 0) is 25.5 Å². The summed E-state index contributed by atoms with van der Waals surface area (Å²) < 4.78 is 17.0. The predicted octanol–water partition coefficient (Wildman–Crippen LogP) is 0.479. The van der Waals surface area contributed by atoms with Gasteiger partial charge in [0.1, 0.15) is 6.61 Å². The first-order valence-electron chi connectivity index (χ1n) is 5.59. The van der Waals surface area contributed by atoms with Crippen LogP contribution in [0.3, 0.4) is 0 Å². The van der Waals surface area contributed by atoms with Crippen molar-refractivity contribution in [3.05, 3.63) is 18.7 Å². The Bertz CT molecular complexity index is 300. The minimum Gasteiger partial charge on any atom is -0.464 e.